The van der Waals surface area contributed by atoms with Crippen LogP contribution in [0.1, 0.15) is 46.2 Å². The van der Waals surface area contributed by atoms with Crippen molar-refractivity contribution in [3.8, 4) is 11.1 Å². The van der Waals surface area contributed by atoms with Crippen LogP contribution in [0, 0.1) is 13.8 Å². The fourth-order valence-corrected chi connectivity index (χ4v) is 3.85. The van der Waals surface area contributed by atoms with Gasteiger partial charge in [0.05, 0.1) is 11.7 Å². The molecular formula is C23H27N5O. The molecule has 29 heavy (non-hydrogen) atoms. The Bertz CT molecular complexity index is 987. The van der Waals surface area contributed by atoms with Crippen LogP contribution in [0.2, 0.25) is 0 Å². The second-order valence-corrected chi connectivity index (χ2v) is 7.70. The second-order valence-electron chi connectivity index (χ2n) is 7.70. The lowest BCUT2D eigenvalue weighted by Gasteiger charge is -2.23. The van der Waals surface area contributed by atoms with E-state index in [2.05, 4.69) is 76.4 Å². The number of carbonyl (C=O) groups is 1. The lowest BCUT2D eigenvalue weighted by Crippen LogP contribution is -2.30. The van der Waals surface area contributed by atoms with Gasteiger partial charge in [-0.05, 0) is 56.5 Å². The molecule has 1 amide bonds. The molecule has 1 aromatic heterocycles. The highest BCUT2D eigenvalue weighted by Crippen LogP contribution is 2.22. The summed E-state index contributed by atoms with van der Waals surface area (Å²) in [5.41, 5.74) is 5.92. The van der Waals surface area contributed by atoms with E-state index in [4.69, 9.17) is 0 Å². The van der Waals surface area contributed by atoms with Gasteiger partial charge < -0.3 is 10.6 Å². The molecule has 1 fully saturated rings. The summed E-state index contributed by atoms with van der Waals surface area (Å²) < 4.78 is 1.91. The van der Waals surface area contributed by atoms with Crippen molar-refractivity contribution >= 4 is 5.91 Å². The molecule has 6 heteroatoms. The zero-order valence-electron chi connectivity index (χ0n) is 17.0. The molecule has 2 heterocycles. The van der Waals surface area contributed by atoms with Gasteiger partial charge in [-0.25, -0.2) is 4.68 Å². The summed E-state index contributed by atoms with van der Waals surface area (Å²) in [6.45, 7) is 6.44. The van der Waals surface area contributed by atoms with E-state index in [1.165, 1.54) is 16.7 Å². The minimum atomic E-state index is -0.176. The number of nitrogens with zero attached hydrogens (tertiary/aromatic N) is 3. The normalized spacial score (nSPS) is 14.7. The molecule has 4 rings (SSSR count). The van der Waals surface area contributed by atoms with Crippen LogP contribution in [0.5, 0.6) is 0 Å². The summed E-state index contributed by atoms with van der Waals surface area (Å²) in [5.74, 6) is -0.176. The van der Waals surface area contributed by atoms with E-state index in [0.717, 1.165) is 37.2 Å². The van der Waals surface area contributed by atoms with E-state index in [0.29, 0.717) is 18.3 Å². The highest BCUT2D eigenvalue weighted by molar-refractivity contribution is 5.93. The van der Waals surface area contributed by atoms with E-state index in [1.54, 1.807) is 0 Å². The molecule has 0 atom stereocenters. The molecule has 2 N–H and O–H groups in total. The molecule has 150 valence electrons. The molecule has 0 aliphatic carbocycles. The van der Waals surface area contributed by atoms with Crippen LogP contribution in [-0.4, -0.2) is 34.0 Å². The molecule has 0 bridgehead atoms. The summed E-state index contributed by atoms with van der Waals surface area (Å²) in [7, 11) is 0. The standard InChI is InChI=1S/C23H27N5O/c1-16-4-3-5-20(14-16)19-8-6-18(7-9-19)15-25-23(29)22-17(2)28(27-26-22)21-10-12-24-13-11-21/h3-9,14,21,24H,10-13,15H2,1-2H3,(H,25,29). The zero-order valence-corrected chi connectivity index (χ0v) is 17.0. The maximum absolute atomic E-state index is 12.6. The Morgan fingerprint density at radius 2 is 1.86 bits per heavy atom. The van der Waals surface area contributed by atoms with E-state index in [-0.39, 0.29) is 5.91 Å². The largest absolute Gasteiger partial charge is 0.347 e. The number of carbonyl (C=O) groups excluding carboxylic acids is 1. The predicted molar refractivity (Wildman–Crippen MR) is 114 cm³/mol. The van der Waals surface area contributed by atoms with Gasteiger partial charge in [0.15, 0.2) is 5.69 Å². The van der Waals surface area contributed by atoms with Crippen LogP contribution in [0.25, 0.3) is 11.1 Å². The Morgan fingerprint density at radius 3 is 2.59 bits per heavy atom. The first-order valence-corrected chi connectivity index (χ1v) is 10.2. The molecular weight excluding hydrogens is 362 g/mol. The Morgan fingerprint density at radius 1 is 1.10 bits per heavy atom. The van der Waals surface area contributed by atoms with Crippen molar-refractivity contribution in [1.29, 1.82) is 0 Å². The lowest BCUT2D eigenvalue weighted by molar-refractivity contribution is 0.0945. The van der Waals surface area contributed by atoms with Crippen molar-refractivity contribution in [2.45, 2.75) is 39.3 Å². The van der Waals surface area contributed by atoms with Gasteiger partial charge in [0.1, 0.15) is 0 Å². The third-order valence-electron chi connectivity index (χ3n) is 5.56. The minimum Gasteiger partial charge on any atom is -0.347 e. The Labute approximate surface area is 171 Å². The number of amides is 1. The summed E-state index contributed by atoms with van der Waals surface area (Å²) >= 11 is 0. The molecule has 0 radical (unpaired) electrons. The number of benzene rings is 2. The molecule has 1 aliphatic heterocycles. The van der Waals surface area contributed by atoms with Crippen LogP contribution in [0.4, 0.5) is 0 Å². The number of rotatable bonds is 5. The molecule has 2 aromatic carbocycles. The first kappa shape index (κ1) is 19.3. The van der Waals surface area contributed by atoms with Crippen molar-refractivity contribution < 1.29 is 4.79 Å². The number of aryl methyl sites for hydroxylation is 1. The molecule has 0 unspecified atom stereocenters. The SMILES string of the molecule is Cc1cccc(-c2ccc(CNC(=O)c3nnn(C4CCNCC4)c3C)cc2)c1. The van der Waals surface area contributed by atoms with Crippen molar-refractivity contribution in [2.24, 2.45) is 0 Å². The summed E-state index contributed by atoms with van der Waals surface area (Å²) in [4.78, 5) is 12.6. The van der Waals surface area contributed by atoms with Crippen molar-refractivity contribution in [1.82, 2.24) is 25.6 Å². The van der Waals surface area contributed by atoms with Crippen molar-refractivity contribution in [3.05, 3.63) is 71.0 Å². The van der Waals surface area contributed by atoms with E-state index < -0.39 is 0 Å². The van der Waals surface area contributed by atoms with Gasteiger partial charge in [-0.15, -0.1) is 5.10 Å². The maximum atomic E-state index is 12.6. The van der Waals surface area contributed by atoms with Crippen molar-refractivity contribution in [3.63, 3.8) is 0 Å². The highest BCUT2D eigenvalue weighted by atomic mass is 16.2. The van der Waals surface area contributed by atoms with Gasteiger partial charge >= 0.3 is 0 Å². The number of hydrogen-bond donors (Lipinski definition) is 2. The number of piperidine rings is 1. The number of nitrogens with one attached hydrogen (secondary N) is 2. The summed E-state index contributed by atoms with van der Waals surface area (Å²) in [6, 6.07) is 17.1. The van der Waals surface area contributed by atoms with Crippen LogP contribution in [0.3, 0.4) is 0 Å². The molecule has 1 aliphatic rings. The lowest BCUT2D eigenvalue weighted by atomic mass is 10.0. The first-order valence-electron chi connectivity index (χ1n) is 10.2. The quantitative estimate of drug-likeness (QED) is 0.701. The monoisotopic (exact) mass is 389 g/mol. The zero-order chi connectivity index (χ0) is 20.2. The second kappa shape index (κ2) is 8.57. The average molecular weight is 390 g/mol. The Kier molecular flexibility index (Phi) is 5.71. The Balaban J connectivity index is 1.39. The fourth-order valence-electron chi connectivity index (χ4n) is 3.85. The fraction of sp³-hybridized carbons (Fsp3) is 0.348. The van der Waals surface area contributed by atoms with E-state index in [9.17, 15) is 4.79 Å². The van der Waals surface area contributed by atoms with Crippen LogP contribution in [0.15, 0.2) is 48.5 Å². The van der Waals surface area contributed by atoms with Crippen LogP contribution in [-0.2, 0) is 6.54 Å². The average Bonchev–Trinajstić information content (AvgIpc) is 3.14. The predicted octanol–water partition coefficient (Wildman–Crippen LogP) is 3.42. The molecule has 0 saturated carbocycles. The van der Waals surface area contributed by atoms with E-state index >= 15 is 0 Å². The number of aromatic nitrogens is 3. The van der Waals surface area contributed by atoms with Gasteiger partial charge in [0.2, 0.25) is 0 Å². The van der Waals surface area contributed by atoms with Gasteiger partial charge in [0, 0.05) is 6.54 Å². The minimum absolute atomic E-state index is 0.176. The molecule has 0 spiro atoms. The van der Waals surface area contributed by atoms with Gasteiger partial charge in [-0.2, -0.15) is 0 Å². The third-order valence-corrected chi connectivity index (χ3v) is 5.56. The van der Waals surface area contributed by atoms with Crippen molar-refractivity contribution in [2.75, 3.05) is 13.1 Å². The van der Waals surface area contributed by atoms with Crippen LogP contribution >= 0.6 is 0 Å². The topological polar surface area (TPSA) is 71.8 Å². The first-order chi connectivity index (χ1) is 14.1. The van der Waals surface area contributed by atoms with Crippen LogP contribution < -0.4 is 10.6 Å². The summed E-state index contributed by atoms with van der Waals surface area (Å²) in [5, 5.41) is 14.7. The number of hydrogen-bond acceptors (Lipinski definition) is 4. The highest BCUT2D eigenvalue weighted by Gasteiger charge is 2.22. The van der Waals surface area contributed by atoms with Gasteiger partial charge in [-0.3, -0.25) is 4.79 Å². The molecule has 1 saturated heterocycles. The Hall–Kier alpha value is -2.99. The third kappa shape index (κ3) is 4.38. The molecule has 3 aromatic rings. The maximum Gasteiger partial charge on any atom is 0.274 e. The smallest absolute Gasteiger partial charge is 0.274 e. The van der Waals surface area contributed by atoms with E-state index in [1.807, 2.05) is 11.6 Å². The summed E-state index contributed by atoms with van der Waals surface area (Å²) in [6.07, 6.45) is 2.02. The van der Waals surface area contributed by atoms with Gasteiger partial charge in [-0.1, -0.05) is 59.3 Å². The van der Waals surface area contributed by atoms with Gasteiger partial charge in [0.25, 0.3) is 5.91 Å². The molecule has 6 nitrogen and oxygen atoms in total.